The van der Waals surface area contributed by atoms with Crippen LogP contribution >= 0.6 is 12.2 Å². The van der Waals surface area contributed by atoms with Crippen molar-refractivity contribution in [1.82, 2.24) is 15.6 Å². The van der Waals surface area contributed by atoms with Gasteiger partial charge in [-0.25, -0.2) is 9.59 Å². The van der Waals surface area contributed by atoms with Gasteiger partial charge in [-0.3, -0.25) is 9.78 Å². The van der Waals surface area contributed by atoms with Crippen molar-refractivity contribution in [2.45, 2.75) is 69.9 Å². The standard InChI is InChI=1S/C28H34N4O3S/c33-26(30-23-11-5-2-6-12-23)28(35)32(17-7-8-18-32)27(34)24(19-21-9-3-1-4-10-21)31-25(36)20-22-13-15-29-16-14-22/h1,3-4,9-10,13-16,23-24H,2,5-8,11-12,17-20H2,(H-,30,31,33,36)/p+1. The summed E-state index contributed by atoms with van der Waals surface area (Å²) in [7, 11) is 0. The van der Waals surface area contributed by atoms with Crippen LogP contribution in [0.15, 0.2) is 54.9 Å². The minimum atomic E-state index is -0.716. The number of hydrogen-bond donors (Lipinski definition) is 2. The van der Waals surface area contributed by atoms with Crippen molar-refractivity contribution in [3.8, 4) is 0 Å². The van der Waals surface area contributed by atoms with Gasteiger partial charge in [0.25, 0.3) is 0 Å². The van der Waals surface area contributed by atoms with E-state index in [0.717, 1.165) is 56.1 Å². The van der Waals surface area contributed by atoms with E-state index in [1.165, 1.54) is 0 Å². The van der Waals surface area contributed by atoms with Crippen molar-refractivity contribution in [3.05, 3.63) is 66.0 Å². The average molecular weight is 508 g/mol. The molecule has 1 aromatic carbocycles. The quantitative estimate of drug-likeness (QED) is 0.340. The average Bonchev–Trinajstić information content (AvgIpc) is 3.40. The minimum Gasteiger partial charge on any atom is -0.364 e. The molecule has 0 spiro atoms. The maximum absolute atomic E-state index is 14.1. The first-order chi connectivity index (χ1) is 17.5. The highest BCUT2D eigenvalue weighted by Crippen LogP contribution is 2.24. The van der Waals surface area contributed by atoms with Gasteiger partial charge in [0, 0.05) is 44.1 Å². The molecule has 2 aliphatic rings. The fourth-order valence-electron chi connectivity index (χ4n) is 5.37. The maximum atomic E-state index is 14.1. The molecule has 1 aliphatic carbocycles. The lowest BCUT2D eigenvalue weighted by atomic mass is 9.95. The van der Waals surface area contributed by atoms with Gasteiger partial charge in [-0.1, -0.05) is 61.8 Å². The van der Waals surface area contributed by atoms with Crippen LogP contribution in [0, 0.1) is 0 Å². The van der Waals surface area contributed by atoms with Gasteiger partial charge in [0.1, 0.15) is 6.04 Å². The molecule has 1 saturated carbocycles. The van der Waals surface area contributed by atoms with Crippen LogP contribution in [-0.4, -0.2) is 57.4 Å². The first-order valence-corrected chi connectivity index (χ1v) is 13.4. The molecule has 1 atom stereocenters. The number of amides is 3. The third kappa shape index (κ3) is 6.42. The number of aromatic nitrogens is 1. The Kier molecular flexibility index (Phi) is 8.93. The molecule has 3 amide bonds. The third-order valence-electron chi connectivity index (χ3n) is 7.30. The molecule has 4 rings (SSSR count). The molecule has 36 heavy (non-hydrogen) atoms. The highest BCUT2D eigenvalue weighted by molar-refractivity contribution is 7.80. The van der Waals surface area contributed by atoms with Gasteiger partial charge >= 0.3 is 17.7 Å². The molecule has 8 heteroatoms. The first kappa shape index (κ1) is 26.1. The number of thiocarbonyl (C=S) groups is 1. The minimum absolute atomic E-state index is 0.0131. The van der Waals surface area contributed by atoms with Gasteiger partial charge in [0.2, 0.25) is 0 Å². The Bertz CT molecular complexity index is 1060. The number of benzene rings is 1. The van der Waals surface area contributed by atoms with Crippen molar-refractivity contribution in [2.24, 2.45) is 0 Å². The summed E-state index contributed by atoms with van der Waals surface area (Å²) in [5.74, 6) is -1.55. The van der Waals surface area contributed by atoms with Crippen LogP contribution < -0.4 is 10.6 Å². The number of carbonyl (C=O) groups is 3. The van der Waals surface area contributed by atoms with Gasteiger partial charge < -0.3 is 10.6 Å². The smallest absolute Gasteiger partial charge is 0.364 e. The zero-order valence-corrected chi connectivity index (χ0v) is 21.5. The molecule has 190 valence electrons. The van der Waals surface area contributed by atoms with Crippen molar-refractivity contribution in [3.63, 3.8) is 0 Å². The number of pyridine rings is 1. The van der Waals surface area contributed by atoms with Crippen molar-refractivity contribution in [1.29, 1.82) is 0 Å². The molecule has 0 bridgehead atoms. The van der Waals surface area contributed by atoms with Crippen molar-refractivity contribution < 1.29 is 18.9 Å². The van der Waals surface area contributed by atoms with Crippen LogP contribution in [0.25, 0.3) is 0 Å². The fourth-order valence-corrected chi connectivity index (χ4v) is 5.68. The second-order valence-corrected chi connectivity index (χ2v) is 10.4. The lowest BCUT2D eigenvalue weighted by Gasteiger charge is -2.32. The number of imide groups is 1. The molecule has 7 nitrogen and oxygen atoms in total. The summed E-state index contributed by atoms with van der Waals surface area (Å²) in [6, 6.07) is 12.8. The van der Waals surface area contributed by atoms with Crippen LogP contribution in [0.5, 0.6) is 0 Å². The van der Waals surface area contributed by atoms with Crippen LogP contribution in [0.3, 0.4) is 0 Å². The van der Waals surface area contributed by atoms with E-state index in [1.807, 2.05) is 42.5 Å². The molecule has 2 aromatic rings. The van der Waals surface area contributed by atoms with Gasteiger partial charge in [0.05, 0.1) is 18.1 Å². The predicted molar refractivity (Wildman–Crippen MR) is 142 cm³/mol. The highest BCUT2D eigenvalue weighted by atomic mass is 32.1. The zero-order valence-electron chi connectivity index (χ0n) is 20.7. The second kappa shape index (κ2) is 12.3. The van der Waals surface area contributed by atoms with E-state index in [4.69, 9.17) is 12.2 Å². The number of rotatable bonds is 7. The highest BCUT2D eigenvalue weighted by Gasteiger charge is 2.53. The number of carbonyl (C=O) groups excluding carboxylic acids is 3. The van der Waals surface area contributed by atoms with E-state index in [-0.39, 0.29) is 11.9 Å². The third-order valence-corrected chi connectivity index (χ3v) is 7.57. The molecule has 1 unspecified atom stereocenters. The summed E-state index contributed by atoms with van der Waals surface area (Å²) in [6.07, 6.45) is 10.7. The topological polar surface area (TPSA) is 88.2 Å². The van der Waals surface area contributed by atoms with E-state index >= 15 is 0 Å². The van der Waals surface area contributed by atoms with Crippen LogP contribution in [0.1, 0.15) is 56.1 Å². The molecule has 1 aromatic heterocycles. The van der Waals surface area contributed by atoms with Gasteiger partial charge in [0.15, 0.2) is 0 Å². The van der Waals surface area contributed by atoms with Crippen molar-refractivity contribution >= 4 is 34.9 Å². The summed E-state index contributed by atoms with van der Waals surface area (Å²) < 4.78 is -0.444. The Morgan fingerprint density at radius 2 is 1.58 bits per heavy atom. The molecule has 1 saturated heterocycles. The Morgan fingerprint density at radius 3 is 2.25 bits per heavy atom. The van der Waals surface area contributed by atoms with Gasteiger partial charge in [-0.2, -0.15) is 4.48 Å². The number of nitrogens with one attached hydrogen (secondary N) is 2. The lowest BCUT2D eigenvalue weighted by Crippen LogP contribution is -2.65. The maximum Gasteiger partial charge on any atom is 0.411 e. The summed E-state index contributed by atoms with van der Waals surface area (Å²) in [5, 5.41) is 6.18. The van der Waals surface area contributed by atoms with E-state index in [0.29, 0.717) is 30.9 Å². The van der Waals surface area contributed by atoms with Crippen molar-refractivity contribution in [2.75, 3.05) is 13.1 Å². The SMILES string of the molecule is O=C(NC1CCCCC1)C(=O)[N+]1(C(=O)C(Cc2ccccc2)NC(=S)Cc2ccncc2)CCCC1. The molecule has 1 aliphatic heterocycles. The molecular weight excluding hydrogens is 472 g/mol. The lowest BCUT2D eigenvalue weighted by molar-refractivity contribution is -0.762. The van der Waals surface area contributed by atoms with E-state index < -0.39 is 22.3 Å². The number of likely N-dealkylation sites (tertiary alicyclic amines) is 1. The molecule has 2 N–H and O–H groups in total. The monoisotopic (exact) mass is 507 g/mol. The summed E-state index contributed by atoms with van der Waals surface area (Å²) in [6.45, 7) is 0.694. The first-order valence-electron chi connectivity index (χ1n) is 13.0. The van der Waals surface area contributed by atoms with E-state index in [2.05, 4.69) is 15.6 Å². The van der Waals surface area contributed by atoms with E-state index in [1.54, 1.807) is 12.4 Å². The number of quaternary nitrogens is 1. The van der Waals surface area contributed by atoms with Gasteiger partial charge in [-0.15, -0.1) is 0 Å². The van der Waals surface area contributed by atoms with Crippen LogP contribution in [-0.2, 0) is 27.2 Å². The Hall–Kier alpha value is -2.97. The molecule has 2 fully saturated rings. The second-order valence-electron chi connectivity index (χ2n) is 9.92. The Morgan fingerprint density at radius 1 is 0.917 bits per heavy atom. The Balaban J connectivity index is 1.54. The predicted octanol–water partition coefficient (Wildman–Crippen LogP) is 3.27. The summed E-state index contributed by atoms with van der Waals surface area (Å²) in [4.78, 5) is 45.4. The zero-order chi connectivity index (χ0) is 25.4. The largest absolute Gasteiger partial charge is 0.411 e. The van der Waals surface area contributed by atoms with Gasteiger partial charge in [-0.05, 0) is 36.1 Å². The summed E-state index contributed by atoms with van der Waals surface area (Å²) in [5.41, 5.74) is 1.95. The fraction of sp³-hybridized carbons (Fsp3) is 0.464. The molecular formula is C28H35N4O3S+. The summed E-state index contributed by atoms with van der Waals surface area (Å²) >= 11 is 5.63. The normalized spacial score (nSPS) is 18.2. The Labute approximate surface area is 218 Å². The number of nitrogens with zero attached hydrogens (tertiary/aromatic N) is 2. The molecule has 2 heterocycles. The van der Waals surface area contributed by atoms with E-state index in [9.17, 15) is 14.4 Å². The molecule has 0 radical (unpaired) electrons. The number of hydrogen-bond acceptors (Lipinski definition) is 5. The van der Waals surface area contributed by atoms with Crippen LogP contribution in [0.4, 0.5) is 0 Å². The van der Waals surface area contributed by atoms with Crippen LogP contribution in [0.2, 0.25) is 0 Å².